The van der Waals surface area contributed by atoms with Crippen LogP contribution in [0.3, 0.4) is 0 Å². The second-order valence-corrected chi connectivity index (χ2v) is 8.04. The SMILES string of the molecule is CCOc1cc(/C=N/NC(=O)C(NC(=O)c2ccccc2F)C(C)C)cc(I)c1OC. The summed E-state index contributed by atoms with van der Waals surface area (Å²) in [5.41, 5.74) is 3.01. The number of halogens is 2. The molecule has 0 saturated heterocycles. The molecule has 1 unspecified atom stereocenters. The molecule has 1 atom stereocenters. The van der Waals surface area contributed by atoms with E-state index in [4.69, 9.17) is 9.47 Å². The third-order valence-corrected chi connectivity index (χ3v) is 5.08. The Bertz CT molecular complexity index is 966. The number of nitrogens with zero attached hydrogens (tertiary/aromatic N) is 1. The van der Waals surface area contributed by atoms with E-state index >= 15 is 0 Å². The fourth-order valence-electron chi connectivity index (χ4n) is 2.76. The minimum absolute atomic E-state index is 0.124. The molecule has 0 radical (unpaired) electrons. The smallest absolute Gasteiger partial charge is 0.262 e. The van der Waals surface area contributed by atoms with E-state index in [1.165, 1.54) is 24.4 Å². The molecule has 7 nitrogen and oxygen atoms in total. The molecule has 2 rings (SSSR count). The molecular weight excluding hydrogens is 516 g/mol. The van der Waals surface area contributed by atoms with Gasteiger partial charge in [-0.05, 0) is 65.3 Å². The maximum Gasteiger partial charge on any atom is 0.262 e. The molecule has 0 aliphatic rings. The second kappa shape index (κ2) is 11.6. The number of nitrogens with one attached hydrogen (secondary N) is 2. The van der Waals surface area contributed by atoms with Crippen LogP contribution in [-0.2, 0) is 4.79 Å². The quantitative estimate of drug-likeness (QED) is 0.288. The Morgan fingerprint density at radius 3 is 2.58 bits per heavy atom. The van der Waals surface area contributed by atoms with Gasteiger partial charge in [-0.2, -0.15) is 5.10 Å². The first-order chi connectivity index (χ1) is 14.8. The van der Waals surface area contributed by atoms with Crippen molar-refractivity contribution in [1.29, 1.82) is 0 Å². The van der Waals surface area contributed by atoms with Gasteiger partial charge in [-0.25, -0.2) is 9.82 Å². The molecule has 0 aliphatic carbocycles. The van der Waals surface area contributed by atoms with Crippen LogP contribution in [0.25, 0.3) is 0 Å². The van der Waals surface area contributed by atoms with Crippen molar-refractivity contribution in [2.45, 2.75) is 26.8 Å². The molecule has 0 fully saturated rings. The van der Waals surface area contributed by atoms with Crippen molar-refractivity contribution >= 4 is 40.6 Å². The number of hydrazone groups is 1. The van der Waals surface area contributed by atoms with E-state index < -0.39 is 23.7 Å². The average Bonchev–Trinajstić information content (AvgIpc) is 2.72. The molecule has 0 aromatic heterocycles. The number of hydrogen-bond acceptors (Lipinski definition) is 5. The second-order valence-electron chi connectivity index (χ2n) is 6.88. The van der Waals surface area contributed by atoms with Crippen molar-refractivity contribution in [2.75, 3.05) is 13.7 Å². The van der Waals surface area contributed by atoms with Gasteiger partial charge in [0, 0.05) is 0 Å². The fourth-order valence-corrected chi connectivity index (χ4v) is 3.61. The van der Waals surface area contributed by atoms with E-state index in [2.05, 4.69) is 38.4 Å². The molecular formula is C22H25FIN3O4. The van der Waals surface area contributed by atoms with Crippen LogP contribution in [0.2, 0.25) is 0 Å². The number of methoxy groups -OCH3 is 1. The molecule has 0 aliphatic heterocycles. The van der Waals surface area contributed by atoms with Crippen LogP contribution in [0.15, 0.2) is 41.5 Å². The van der Waals surface area contributed by atoms with Crippen molar-refractivity contribution in [2.24, 2.45) is 11.0 Å². The Labute approximate surface area is 194 Å². The monoisotopic (exact) mass is 541 g/mol. The summed E-state index contributed by atoms with van der Waals surface area (Å²) < 4.78 is 25.6. The largest absolute Gasteiger partial charge is 0.492 e. The van der Waals surface area contributed by atoms with Crippen molar-refractivity contribution in [1.82, 2.24) is 10.7 Å². The Morgan fingerprint density at radius 2 is 1.97 bits per heavy atom. The summed E-state index contributed by atoms with van der Waals surface area (Å²) in [6, 6.07) is 8.29. The molecule has 0 heterocycles. The number of amides is 2. The summed E-state index contributed by atoms with van der Waals surface area (Å²) in [6.07, 6.45) is 1.47. The van der Waals surface area contributed by atoms with Gasteiger partial charge in [-0.15, -0.1) is 0 Å². The Hall–Kier alpha value is -2.69. The third-order valence-electron chi connectivity index (χ3n) is 4.28. The highest BCUT2D eigenvalue weighted by molar-refractivity contribution is 14.1. The van der Waals surface area contributed by atoms with Crippen molar-refractivity contribution in [3.8, 4) is 11.5 Å². The van der Waals surface area contributed by atoms with Crippen LogP contribution >= 0.6 is 22.6 Å². The molecule has 31 heavy (non-hydrogen) atoms. The Morgan fingerprint density at radius 1 is 1.26 bits per heavy atom. The zero-order chi connectivity index (χ0) is 23.0. The van der Waals surface area contributed by atoms with Gasteiger partial charge in [0.25, 0.3) is 11.8 Å². The highest BCUT2D eigenvalue weighted by Crippen LogP contribution is 2.33. The van der Waals surface area contributed by atoms with Crippen molar-refractivity contribution in [3.05, 3.63) is 56.9 Å². The summed E-state index contributed by atoms with van der Waals surface area (Å²) in [4.78, 5) is 25.0. The third kappa shape index (κ3) is 6.65. The van der Waals surface area contributed by atoms with Crippen LogP contribution in [0.1, 0.15) is 36.7 Å². The highest BCUT2D eigenvalue weighted by atomic mass is 127. The number of benzene rings is 2. The molecule has 0 bridgehead atoms. The van der Waals surface area contributed by atoms with Crippen LogP contribution in [-0.4, -0.2) is 37.8 Å². The minimum atomic E-state index is -0.890. The number of carbonyl (C=O) groups excluding carboxylic acids is 2. The highest BCUT2D eigenvalue weighted by Gasteiger charge is 2.25. The van der Waals surface area contributed by atoms with Crippen molar-refractivity contribution < 1.29 is 23.5 Å². The summed E-state index contributed by atoms with van der Waals surface area (Å²) >= 11 is 2.12. The summed E-state index contributed by atoms with van der Waals surface area (Å²) in [7, 11) is 1.57. The lowest BCUT2D eigenvalue weighted by Crippen LogP contribution is -2.48. The van der Waals surface area contributed by atoms with E-state index in [0.717, 1.165) is 3.57 Å². The zero-order valence-electron chi connectivity index (χ0n) is 17.7. The maximum atomic E-state index is 13.9. The van der Waals surface area contributed by atoms with Gasteiger partial charge in [0.15, 0.2) is 11.5 Å². The summed E-state index contributed by atoms with van der Waals surface area (Å²) in [6.45, 7) is 5.89. The molecule has 2 aromatic rings. The summed E-state index contributed by atoms with van der Waals surface area (Å²) in [5, 5.41) is 6.56. The lowest BCUT2D eigenvalue weighted by molar-refractivity contribution is -0.123. The molecule has 2 amide bonds. The number of carbonyl (C=O) groups is 2. The molecule has 2 aromatic carbocycles. The average molecular weight is 541 g/mol. The zero-order valence-corrected chi connectivity index (χ0v) is 19.9. The minimum Gasteiger partial charge on any atom is -0.492 e. The van der Waals surface area contributed by atoms with Gasteiger partial charge in [-0.3, -0.25) is 9.59 Å². The van der Waals surface area contributed by atoms with E-state index in [9.17, 15) is 14.0 Å². The summed E-state index contributed by atoms with van der Waals surface area (Å²) in [5.74, 6) is -0.870. The first-order valence-corrected chi connectivity index (χ1v) is 10.7. The van der Waals surface area contributed by atoms with Gasteiger partial charge < -0.3 is 14.8 Å². The Balaban J connectivity index is 2.10. The van der Waals surface area contributed by atoms with Gasteiger partial charge >= 0.3 is 0 Å². The molecule has 2 N–H and O–H groups in total. The molecule has 0 saturated carbocycles. The van der Waals surface area contributed by atoms with Gasteiger partial charge in [0.1, 0.15) is 11.9 Å². The first-order valence-electron chi connectivity index (χ1n) is 9.67. The maximum absolute atomic E-state index is 13.9. The number of hydrogen-bond donors (Lipinski definition) is 2. The van der Waals surface area contributed by atoms with E-state index in [0.29, 0.717) is 23.7 Å². The van der Waals surface area contributed by atoms with Gasteiger partial charge in [0.2, 0.25) is 0 Å². The Kier molecular flexibility index (Phi) is 9.22. The van der Waals surface area contributed by atoms with Gasteiger partial charge in [-0.1, -0.05) is 26.0 Å². The molecule has 166 valence electrons. The predicted molar refractivity (Wildman–Crippen MR) is 125 cm³/mol. The fraction of sp³-hybridized carbons (Fsp3) is 0.318. The first kappa shape index (κ1) is 24.6. The molecule has 0 spiro atoms. The number of rotatable bonds is 9. The van der Waals surface area contributed by atoms with Crippen LogP contribution in [0.5, 0.6) is 11.5 Å². The van der Waals surface area contributed by atoms with Gasteiger partial charge in [0.05, 0.1) is 29.1 Å². The predicted octanol–water partition coefficient (Wildman–Crippen LogP) is 3.74. The van der Waals surface area contributed by atoms with Crippen LogP contribution in [0.4, 0.5) is 4.39 Å². The van der Waals surface area contributed by atoms with E-state index in [1.807, 2.05) is 13.0 Å². The lowest BCUT2D eigenvalue weighted by Gasteiger charge is -2.20. The molecule has 9 heteroatoms. The lowest BCUT2D eigenvalue weighted by atomic mass is 10.0. The van der Waals surface area contributed by atoms with E-state index in [-0.39, 0.29) is 11.5 Å². The van der Waals surface area contributed by atoms with Crippen LogP contribution < -0.4 is 20.2 Å². The van der Waals surface area contributed by atoms with E-state index in [1.54, 1.807) is 33.1 Å². The van der Waals surface area contributed by atoms with Crippen LogP contribution in [0, 0.1) is 15.3 Å². The number of ether oxygens (including phenoxy) is 2. The normalized spacial score (nSPS) is 12.0. The van der Waals surface area contributed by atoms with Crippen molar-refractivity contribution in [3.63, 3.8) is 0 Å². The standard InChI is InChI=1S/C22H25FIN3O4/c1-5-31-18-11-14(10-17(24)20(18)30-4)12-25-27-22(29)19(13(2)3)26-21(28)15-8-6-7-9-16(15)23/h6-13,19H,5H2,1-4H3,(H,26,28)(H,27,29)/b25-12+. The topological polar surface area (TPSA) is 89.0 Å².